The second-order valence-corrected chi connectivity index (χ2v) is 6.84. The van der Waals surface area contributed by atoms with Gasteiger partial charge in [-0.25, -0.2) is 0 Å². The Bertz CT molecular complexity index is 613. The van der Waals surface area contributed by atoms with Crippen molar-refractivity contribution < 1.29 is 9.53 Å². The zero-order chi connectivity index (χ0) is 15.9. The monoisotopic (exact) mass is 381 g/mol. The molecule has 1 heterocycles. The van der Waals surface area contributed by atoms with E-state index in [0.29, 0.717) is 13.0 Å². The number of carbonyl (C=O) groups excluding carboxylic acids is 1. The van der Waals surface area contributed by atoms with Crippen molar-refractivity contribution in [3.63, 3.8) is 0 Å². The SMILES string of the molecule is CCN(Cc1cccs1)C(=O)CCc1ccc(OC)c(Br)c1. The van der Waals surface area contributed by atoms with E-state index in [0.717, 1.165) is 28.8 Å². The molecule has 0 saturated carbocycles. The minimum absolute atomic E-state index is 0.197. The average molecular weight is 382 g/mol. The van der Waals surface area contributed by atoms with Crippen LogP contribution < -0.4 is 4.74 Å². The molecular weight excluding hydrogens is 362 g/mol. The van der Waals surface area contributed by atoms with E-state index in [1.54, 1.807) is 18.4 Å². The molecule has 0 aliphatic heterocycles. The number of amides is 1. The minimum Gasteiger partial charge on any atom is -0.496 e. The molecule has 0 N–H and O–H groups in total. The molecular formula is C17H20BrNO2S. The van der Waals surface area contributed by atoms with Crippen LogP contribution in [-0.4, -0.2) is 24.5 Å². The summed E-state index contributed by atoms with van der Waals surface area (Å²) < 4.78 is 6.14. The van der Waals surface area contributed by atoms with Crippen molar-refractivity contribution in [2.45, 2.75) is 26.3 Å². The van der Waals surface area contributed by atoms with E-state index in [1.165, 1.54) is 4.88 Å². The van der Waals surface area contributed by atoms with Crippen LogP contribution in [0.1, 0.15) is 23.8 Å². The third-order valence-corrected chi connectivity index (χ3v) is 4.99. The molecule has 0 atom stereocenters. The van der Waals surface area contributed by atoms with Crippen LogP contribution >= 0.6 is 27.3 Å². The van der Waals surface area contributed by atoms with Crippen LogP contribution in [0.4, 0.5) is 0 Å². The lowest BCUT2D eigenvalue weighted by Crippen LogP contribution is -2.30. The van der Waals surface area contributed by atoms with Gasteiger partial charge >= 0.3 is 0 Å². The van der Waals surface area contributed by atoms with Crippen LogP contribution in [0.15, 0.2) is 40.2 Å². The molecule has 5 heteroatoms. The quantitative estimate of drug-likeness (QED) is 0.706. The van der Waals surface area contributed by atoms with Gasteiger partial charge in [0, 0.05) is 17.8 Å². The molecule has 0 radical (unpaired) electrons. The van der Waals surface area contributed by atoms with Crippen molar-refractivity contribution in [3.05, 3.63) is 50.6 Å². The van der Waals surface area contributed by atoms with Crippen molar-refractivity contribution >= 4 is 33.2 Å². The van der Waals surface area contributed by atoms with Crippen LogP contribution in [0.2, 0.25) is 0 Å². The number of methoxy groups -OCH3 is 1. The highest BCUT2D eigenvalue weighted by molar-refractivity contribution is 9.10. The van der Waals surface area contributed by atoms with E-state index < -0.39 is 0 Å². The lowest BCUT2D eigenvalue weighted by atomic mass is 10.1. The Hall–Kier alpha value is -1.33. The maximum Gasteiger partial charge on any atom is 0.223 e. The van der Waals surface area contributed by atoms with Gasteiger partial charge in [-0.1, -0.05) is 12.1 Å². The van der Waals surface area contributed by atoms with Crippen molar-refractivity contribution in [1.82, 2.24) is 4.90 Å². The lowest BCUT2D eigenvalue weighted by molar-refractivity contribution is -0.131. The van der Waals surface area contributed by atoms with Crippen LogP contribution in [0, 0.1) is 0 Å². The Balaban J connectivity index is 1.91. The van der Waals surface area contributed by atoms with Gasteiger partial charge in [0.2, 0.25) is 5.91 Å². The van der Waals surface area contributed by atoms with Gasteiger partial charge in [0.25, 0.3) is 0 Å². The van der Waals surface area contributed by atoms with E-state index in [2.05, 4.69) is 22.0 Å². The fourth-order valence-corrected chi connectivity index (χ4v) is 3.55. The molecule has 0 fully saturated rings. The summed E-state index contributed by atoms with van der Waals surface area (Å²) in [6.07, 6.45) is 1.26. The predicted octanol–water partition coefficient (Wildman–Crippen LogP) is 4.50. The summed E-state index contributed by atoms with van der Waals surface area (Å²) >= 11 is 5.17. The molecule has 0 bridgehead atoms. The maximum absolute atomic E-state index is 12.4. The number of nitrogens with zero attached hydrogens (tertiary/aromatic N) is 1. The number of halogens is 1. The largest absolute Gasteiger partial charge is 0.496 e. The first kappa shape index (κ1) is 17.0. The smallest absolute Gasteiger partial charge is 0.223 e. The highest BCUT2D eigenvalue weighted by atomic mass is 79.9. The molecule has 1 aromatic carbocycles. The summed E-state index contributed by atoms with van der Waals surface area (Å²) in [5.41, 5.74) is 1.13. The number of aryl methyl sites for hydroxylation is 1. The first-order chi connectivity index (χ1) is 10.6. The fourth-order valence-electron chi connectivity index (χ4n) is 2.24. The third kappa shape index (κ3) is 4.58. The van der Waals surface area contributed by atoms with Crippen LogP contribution in [0.3, 0.4) is 0 Å². The van der Waals surface area contributed by atoms with Gasteiger partial charge in [-0.05, 0) is 58.4 Å². The number of hydrogen-bond acceptors (Lipinski definition) is 3. The molecule has 0 saturated heterocycles. The third-order valence-electron chi connectivity index (χ3n) is 3.50. The molecule has 118 valence electrons. The molecule has 2 rings (SSSR count). The number of benzene rings is 1. The van der Waals surface area contributed by atoms with Gasteiger partial charge in [-0.3, -0.25) is 4.79 Å². The van der Waals surface area contributed by atoms with E-state index >= 15 is 0 Å². The molecule has 2 aromatic rings. The van der Waals surface area contributed by atoms with E-state index in [4.69, 9.17) is 4.74 Å². The number of carbonyl (C=O) groups is 1. The second kappa shape index (κ2) is 8.34. The summed E-state index contributed by atoms with van der Waals surface area (Å²) in [5, 5.41) is 2.04. The van der Waals surface area contributed by atoms with E-state index in [9.17, 15) is 4.79 Å². The van der Waals surface area contributed by atoms with Crippen molar-refractivity contribution in [2.75, 3.05) is 13.7 Å². The molecule has 0 spiro atoms. The van der Waals surface area contributed by atoms with E-state index in [-0.39, 0.29) is 5.91 Å². The fraction of sp³-hybridized carbons (Fsp3) is 0.353. The normalized spacial score (nSPS) is 10.5. The molecule has 1 aromatic heterocycles. The maximum atomic E-state index is 12.4. The zero-order valence-corrected chi connectivity index (χ0v) is 15.2. The van der Waals surface area contributed by atoms with E-state index in [1.807, 2.05) is 41.5 Å². The molecule has 0 aliphatic rings. The highest BCUT2D eigenvalue weighted by Gasteiger charge is 2.13. The Labute approximate surface area is 144 Å². The first-order valence-corrected chi connectivity index (χ1v) is 8.94. The molecule has 22 heavy (non-hydrogen) atoms. The number of thiophene rings is 1. The van der Waals surface area contributed by atoms with Gasteiger partial charge in [-0.2, -0.15) is 0 Å². The summed E-state index contributed by atoms with van der Waals surface area (Å²) in [7, 11) is 1.65. The average Bonchev–Trinajstić information content (AvgIpc) is 3.03. The van der Waals surface area contributed by atoms with Crippen molar-refractivity contribution in [3.8, 4) is 5.75 Å². The van der Waals surface area contributed by atoms with Crippen molar-refractivity contribution in [1.29, 1.82) is 0 Å². The van der Waals surface area contributed by atoms with Gasteiger partial charge in [0.1, 0.15) is 5.75 Å². The molecule has 1 amide bonds. The topological polar surface area (TPSA) is 29.5 Å². The van der Waals surface area contributed by atoms with Gasteiger partial charge in [0.05, 0.1) is 18.1 Å². The molecule has 0 unspecified atom stereocenters. The second-order valence-electron chi connectivity index (χ2n) is 4.96. The lowest BCUT2D eigenvalue weighted by Gasteiger charge is -2.20. The predicted molar refractivity (Wildman–Crippen MR) is 94.4 cm³/mol. The van der Waals surface area contributed by atoms with Gasteiger partial charge in [-0.15, -0.1) is 11.3 Å². The Morgan fingerprint density at radius 2 is 2.18 bits per heavy atom. The number of hydrogen-bond donors (Lipinski definition) is 0. The number of ether oxygens (including phenoxy) is 1. The molecule has 0 aliphatic carbocycles. The van der Waals surface area contributed by atoms with Gasteiger partial charge < -0.3 is 9.64 Å². The summed E-state index contributed by atoms with van der Waals surface area (Å²) in [5.74, 6) is 1.01. The van der Waals surface area contributed by atoms with Crippen LogP contribution in [0.5, 0.6) is 5.75 Å². The first-order valence-electron chi connectivity index (χ1n) is 7.26. The Morgan fingerprint density at radius 1 is 1.36 bits per heavy atom. The zero-order valence-electron chi connectivity index (χ0n) is 12.8. The minimum atomic E-state index is 0.197. The standard InChI is InChI=1S/C17H20BrNO2S/c1-3-19(12-14-5-4-10-22-14)17(20)9-7-13-6-8-16(21-2)15(18)11-13/h4-6,8,10-11H,3,7,9,12H2,1-2H3. The Morgan fingerprint density at radius 3 is 2.77 bits per heavy atom. The van der Waals surface area contributed by atoms with Crippen LogP contribution in [0.25, 0.3) is 0 Å². The summed E-state index contributed by atoms with van der Waals surface area (Å²) in [4.78, 5) is 15.5. The Kier molecular flexibility index (Phi) is 6.46. The van der Waals surface area contributed by atoms with Crippen molar-refractivity contribution in [2.24, 2.45) is 0 Å². The summed E-state index contributed by atoms with van der Waals surface area (Å²) in [6.45, 7) is 3.47. The summed E-state index contributed by atoms with van der Waals surface area (Å²) in [6, 6.07) is 10.0. The highest BCUT2D eigenvalue weighted by Crippen LogP contribution is 2.26. The molecule has 3 nitrogen and oxygen atoms in total. The van der Waals surface area contributed by atoms with Crippen LogP contribution in [-0.2, 0) is 17.8 Å². The number of rotatable bonds is 7. The van der Waals surface area contributed by atoms with Gasteiger partial charge in [0.15, 0.2) is 0 Å².